The van der Waals surface area contributed by atoms with E-state index in [0.29, 0.717) is 5.56 Å². The van der Waals surface area contributed by atoms with Crippen LogP contribution in [-0.2, 0) is 0 Å². The summed E-state index contributed by atoms with van der Waals surface area (Å²) in [6.45, 7) is 3.78. The summed E-state index contributed by atoms with van der Waals surface area (Å²) in [4.78, 5) is 12.1. The molecule has 2 rings (SSSR count). The van der Waals surface area contributed by atoms with Gasteiger partial charge in [0.2, 0.25) is 0 Å². The summed E-state index contributed by atoms with van der Waals surface area (Å²) in [5, 5.41) is 2.91. The molecular weight excluding hydrogens is 241 g/mol. The van der Waals surface area contributed by atoms with E-state index in [0.717, 1.165) is 11.1 Å². The molecule has 0 radical (unpaired) electrons. The zero-order valence-corrected chi connectivity index (χ0v) is 11.0. The third kappa shape index (κ3) is 3.19. The highest BCUT2D eigenvalue weighted by Crippen LogP contribution is 2.14. The Morgan fingerprint density at radius 1 is 1.11 bits per heavy atom. The van der Waals surface area contributed by atoms with Gasteiger partial charge in [-0.25, -0.2) is 4.39 Å². The molecule has 1 amide bonds. The van der Waals surface area contributed by atoms with Crippen LogP contribution in [0.25, 0.3) is 0 Å². The summed E-state index contributed by atoms with van der Waals surface area (Å²) in [5.41, 5.74) is 2.48. The first-order chi connectivity index (χ1) is 9.08. The first-order valence-electron chi connectivity index (χ1n) is 6.20. The lowest BCUT2D eigenvalue weighted by Crippen LogP contribution is -2.27. The van der Waals surface area contributed by atoms with E-state index in [1.165, 1.54) is 12.1 Å². The Labute approximate surface area is 112 Å². The molecule has 2 aromatic rings. The Bertz CT molecular complexity index is 578. The SMILES string of the molecule is Cc1ccccc1C(=O)N[C@H](C)c1ccc(F)cc1. The van der Waals surface area contributed by atoms with Gasteiger partial charge in [-0.15, -0.1) is 0 Å². The second kappa shape index (κ2) is 5.65. The number of benzene rings is 2. The number of nitrogens with one attached hydrogen (secondary N) is 1. The summed E-state index contributed by atoms with van der Waals surface area (Å²) in [5.74, 6) is -0.392. The Balaban J connectivity index is 2.11. The predicted molar refractivity (Wildman–Crippen MR) is 73.5 cm³/mol. The van der Waals surface area contributed by atoms with Crippen molar-refractivity contribution in [2.45, 2.75) is 19.9 Å². The summed E-state index contributed by atoms with van der Waals surface area (Å²) in [6, 6.07) is 13.4. The molecule has 0 saturated carbocycles. The first-order valence-corrected chi connectivity index (χ1v) is 6.20. The molecule has 3 heteroatoms. The number of halogens is 1. The van der Waals surface area contributed by atoms with Crippen molar-refractivity contribution in [1.82, 2.24) is 5.32 Å². The van der Waals surface area contributed by atoms with Gasteiger partial charge >= 0.3 is 0 Å². The Morgan fingerprint density at radius 3 is 2.37 bits per heavy atom. The molecule has 0 spiro atoms. The maximum atomic E-state index is 12.8. The van der Waals surface area contributed by atoms with Crippen molar-refractivity contribution in [3.8, 4) is 0 Å². The second-order valence-corrected chi connectivity index (χ2v) is 4.56. The van der Waals surface area contributed by atoms with Crippen molar-refractivity contribution in [1.29, 1.82) is 0 Å². The molecule has 0 saturated heterocycles. The van der Waals surface area contributed by atoms with Gasteiger partial charge in [0, 0.05) is 5.56 Å². The molecule has 2 nitrogen and oxygen atoms in total. The number of carbonyl (C=O) groups excluding carboxylic acids is 1. The number of hydrogen-bond donors (Lipinski definition) is 1. The summed E-state index contributed by atoms with van der Waals surface area (Å²) < 4.78 is 12.8. The van der Waals surface area contributed by atoms with Crippen molar-refractivity contribution in [3.63, 3.8) is 0 Å². The summed E-state index contributed by atoms with van der Waals surface area (Å²) in [6.07, 6.45) is 0. The molecule has 19 heavy (non-hydrogen) atoms. The minimum absolute atomic E-state index is 0.116. The van der Waals surface area contributed by atoms with E-state index in [-0.39, 0.29) is 17.8 Å². The summed E-state index contributed by atoms with van der Waals surface area (Å²) in [7, 11) is 0. The lowest BCUT2D eigenvalue weighted by Gasteiger charge is -2.15. The zero-order chi connectivity index (χ0) is 13.8. The highest BCUT2D eigenvalue weighted by molar-refractivity contribution is 5.95. The average Bonchev–Trinajstić information content (AvgIpc) is 2.39. The van der Waals surface area contributed by atoms with Crippen molar-refractivity contribution in [2.24, 2.45) is 0 Å². The Kier molecular flexibility index (Phi) is 3.95. The lowest BCUT2D eigenvalue weighted by molar-refractivity contribution is 0.0939. The fourth-order valence-corrected chi connectivity index (χ4v) is 1.94. The highest BCUT2D eigenvalue weighted by Gasteiger charge is 2.12. The number of aryl methyl sites for hydroxylation is 1. The van der Waals surface area contributed by atoms with Crippen molar-refractivity contribution >= 4 is 5.91 Å². The van der Waals surface area contributed by atoms with E-state index < -0.39 is 0 Å². The van der Waals surface area contributed by atoms with Gasteiger partial charge in [-0.3, -0.25) is 4.79 Å². The molecule has 0 aliphatic rings. The third-order valence-electron chi connectivity index (χ3n) is 3.11. The molecule has 0 heterocycles. The molecule has 2 aromatic carbocycles. The lowest BCUT2D eigenvalue weighted by atomic mass is 10.1. The number of carbonyl (C=O) groups is 1. The fraction of sp³-hybridized carbons (Fsp3) is 0.188. The maximum Gasteiger partial charge on any atom is 0.252 e. The van der Waals surface area contributed by atoms with Crippen molar-refractivity contribution in [3.05, 3.63) is 71.0 Å². The average molecular weight is 257 g/mol. The molecule has 98 valence electrons. The number of amides is 1. The standard InChI is InChI=1S/C16H16FNO/c1-11-5-3-4-6-15(11)16(19)18-12(2)13-7-9-14(17)10-8-13/h3-10,12H,1-2H3,(H,18,19)/t12-/m1/s1. The molecule has 0 aliphatic heterocycles. The van der Waals surface area contributed by atoms with Crippen LogP contribution in [0.5, 0.6) is 0 Å². The number of rotatable bonds is 3. The van der Waals surface area contributed by atoms with Crippen LogP contribution in [0.4, 0.5) is 4.39 Å². The van der Waals surface area contributed by atoms with Crippen molar-refractivity contribution < 1.29 is 9.18 Å². The van der Waals surface area contributed by atoms with Crippen LogP contribution in [0.2, 0.25) is 0 Å². The normalized spacial score (nSPS) is 11.9. The molecule has 0 aromatic heterocycles. The van der Waals surface area contributed by atoms with Gasteiger partial charge in [0.25, 0.3) is 5.91 Å². The predicted octanol–water partition coefficient (Wildman–Crippen LogP) is 3.63. The first kappa shape index (κ1) is 13.3. The minimum Gasteiger partial charge on any atom is -0.346 e. The Hall–Kier alpha value is -2.16. The largest absolute Gasteiger partial charge is 0.346 e. The van der Waals surface area contributed by atoms with Crippen LogP contribution >= 0.6 is 0 Å². The van der Waals surface area contributed by atoms with E-state index in [2.05, 4.69) is 5.32 Å². The van der Waals surface area contributed by atoms with Crippen LogP contribution in [0.1, 0.15) is 34.5 Å². The maximum absolute atomic E-state index is 12.8. The molecule has 1 N–H and O–H groups in total. The molecular formula is C16H16FNO. The monoisotopic (exact) mass is 257 g/mol. The van der Waals surface area contributed by atoms with Gasteiger partial charge in [-0.05, 0) is 43.2 Å². The minimum atomic E-state index is -0.277. The smallest absolute Gasteiger partial charge is 0.252 e. The van der Waals surface area contributed by atoms with Gasteiger partial charge in [0.1, 0.15) is 5.82 Å². The quantitative estimate of drug-likeness (QED) is 0.893. The van der Waals surface area contributed by atoms with Crippen LogP contribution in [0.15, 0.2) is 48.5 Å². The van der Waals surface area contributed by atoms with Gasteiger partial charge in [0.15, 0.2) is 0 Å². The Morgan fingerprint density at radius 2 is 1.74 bits per heavy atom. The second-order valence-electron chi connectivity index (χ2n) is 4.56. The van der Waals surface area contributed by atoms with Gasteiger partial charge < -0.3 is 5.32 Å². The van der Waals surface area contributed by atoms with Crippen LogP contribution in [0.3, 0.4) is 0 Å². The van der Waals surface area contributed by atoms with E-state index in [1.54, 1.807) is 18.2 Å². The van der Waals surface area contributed by atoms with Crippen LogP contribution < -0.4 is 5.32 Å². The van der Waals surface area contributed by atoms with Gasteiger partial charge in [0.05, 0.1) is 6.04 Å². The van der Waals surface area contributed by atoms with E-state index in [9.17, 15) is 9.18 Å². The number of hydrogen-bond acceptors (Lipinski definition) is 1. The third-order valence-corrected chi connectivity index (χ3v) is 3.11. The molecule has 0 fully saturated rings. The van der Waals surface area contributed by atoms with Crippen LogP contribution in [0, 0.1) is 12.7 Å². The topological polar surface area (TPSA) is 29.1 Å². The molecule has 0 bridgehead atoms. The van der Waals surface area contributed by atoms with E-state index in [1.807, 2.05) is 32.0 Å². The van der Waals surface area contributed by atoms with Gasteiger partial charge in [-0.2, -0.15) is 0 Å². The fourth-order valence-electron chi connectivity index (χ4n) is 1.94. The van der Waals surface area contributed by atoms with E-state index in [4.69, 9.17) is 0 Å². The molecule has 0 unspecified atom stereocenters. The van der Waals surface area contributed by atoms with E-state index >= 15 is 0 Å². The highest BCUT2D eigenvalue weighted by atomic mass is 19.1. The van der Waals surface area contributed by atoms with Crippen molar-refractivity contribution in [2.75, 3.05) is 0 Å². The van der Waals surface area contributed by atoms with Crippen LogP contribution in [-0.4, -0.2) is 5.91 Å². The summed E-state index contributed by atoms with van der Waals surface area (Å²) >= 11 is 0. The molecule has 1 atom stereocenters. The zero-order valence-electron chi connectivity index (χ0n) is 11.0. The molecule has 0 aliphatic carbocycles. The van der Waals surface area contributed by atoms with Gasteiger partial charge in [-0.1, -0.05) is 30.3 Å².